The molecule has 0 bridgehead atoms. The number of aliphatic hydroxyl groups excluding tert-OH is 1. The van der Waals surface area contributed by atoms with Crippen LogP contribution in [0, 0.1) is 6.92 Å². The maximum absolute atomic E-state index is 9.61. The second kappa shape index (κ2) is 4.97. The van der Waals surface area contributed by atoms with Crippen LogP contribution in [0.2, 0.25) is 0 Å². The number of pyridine rings is 1. The molecule has 17 heavy (non-hydrogen) atoms. The van der Waals surface area contributed by atoms with Crippen LogP contribution in [-0.4, -0.2) is 10.1 Å². The van der Waals surface area contributed by atoms with Gasteiger partial charge in [-0.3, -0.25) is 0 Å². The van der Waals surface area contributed by atoms with E-state index in [2.05, 4.69) is 4.98 Å². The quantitative estimate of drug-likeness (QED) is 0.878. The highest BCUT2D eigenvalue weighted by atomic mass is 16.5. The van der Waals surface area contributed by atoms with E-state index in [1.165, 1.54) is 5.56 Å². The molecule has 0 aliphatic carbocycles. The van der Waals surface area contributed by atoms with E-state index in [-0.39, 0.29) is 0 Å². The van der Waals surface area contributed by atoms with Gasteiger partial charge in [0.05, 0.1) is 6.10 Å². The van der Waals surface area contributed by atoms with Gasteiger partial charge in [-0.25, -0.2) is 4.98 Å². The van der Waals surface area contributed by atoms with Crippen molar-refractivity contribution in [2.45, 2.75) is 20.0 Å². The lowest BCUT2D eigenvalue weighted by Crippen LogP contribution is -1.97. The van der Waals surface area contributed by atoms with Crippen molar-refractivity contribution in [3.05, 3.63) is 53.7 Å². The third-order valence-corrected chi connectivity index (χ3v) is 2.49. The van der Waals surface area contributed by atoms with Crippen LogP contribution in [0.4, 0.5) is 0 Å². The molecule has 1 atom stereocenters. The van der Waals surface area contributed by atoms with Crippen LogP contribution in [0.25, 0.3) is 0 Å². The summed E-state index contributed by atoms with van der Waals surface area (Å²) in [5, 5.41) is 9.61. The first kappa shape index (κ1) is 11.6. The third-order valence-electron chi connectivity index (χ3n) is 2.49. The summed E-state index contributed by atoms with van der Waals surface area (Å²) in [5.41, 5.74) is 1.86. The SMILES string of the molecule is Cc1ccc(Oc2ncccc2[C@H](C)O)cc1. The second-order valence-electron chi connectivity index (χ2n) is 3.99. The second-order valence-corrected chi connectivity index (χ2v) is 3.99. The summed E-state index contributed by atoms with van der Waals surface area (Å²) in [4.78, 5) is 4.14. The molecule has 1 aromatic heterocycles. The van der Waals surface area contributed by atoms with Gasteiger partial charge in [0.2, 0.25) is 5.88 Å². The normalized spacial score (nSPS) is 12.2. The molecule has 3 heteroatoms. The summed E-state index contributed by atoms with van der Waals surface area (Å²) >= 11 is 0. The largest absolute Gasteiger partial charge is 0.439 e. The van der Waals surface area contributed by atoms with E-state index in [0.717, 1.165) is 5.75 Å². The minimum Gasteiger partial charge on any atom is -0.439 e. The van der Waals surface area contributed by atoms with Gasteiger partial charge in [-0.1, -0.05) is 17.7 Å². The maximum atomic E-state index is 9.61. The number of ether oxygens (including phenoxy) is 1. The van der Waals surface area contributed by atoms with E-state index in [1.54, 1.807) is 25.3 Å². The van der Waals surface area contributed by atoms with E-state index in [0.29, 0.717) is 11.4 Å². The molecule has 0 fully saturated rings. The summed E-state index contributed by atoms with van der Waals surface area (Å²) in [7, 11) is 0. The van der Waals surface area contributed by atoms with Gasteiger partial charge in [0.15, 0.2) is 0 Å². The van der Waals surface area contributed by atoms with Gasteiger partial charge in [0, 0.05) is 11.8 Å². The average molecular weight is 229 g/mol. The Morgan fingerprint density at radius 2 is 1.88 bits per heavy atom. The Hall–Kier alpha value is -1.87. The molecule has 1 heterocycles. The van der Waals surface area contributed by atoms with Crippen LogP contribution in [0.3, 0.4) is 0 Å². The number of rotatable bonds is 3. The fourth-order valence-electron chi connectivity index (χ4n) is 1.52. The molecule has 0 saturated carbocycles. The molecule has 3 nitrogen and oxygen atoms in total. The van der Waals surface area contributed by atoms with Gasteiger partial charge in [-0.05, 0) is 38.1 Å². The summed E-state index contributed by atoms with van der Waals surface area (Å²) in [6.45, 7) is 3.71. The lowest BCUT2D eigenvalue weighted by atomic mass is 10.2. The van der Waals surface area contributed by atoms with Crippen molar-refractivity contribution < 1.29 is 9.84 Å². The molecular weight excluding hydrogens is 214 g/mol. The zero-order valence-electron chi connectivity index (χ0n) is 9.92. The molecule has 0 spiro atoms. The first-order valence-corrected chi connectivity index (χ1v) is 5.54. The van der Waals surface area contributed by atoms with Gasteiger partial charge in [0.1, 0.15) is 5.75 Å². The zero-order chi connectivity index (χ0) is 12.3. The third kappa shape index (κ3) is 2.82. The Bertz CT molecular complexity index is 492. The molecule has 0 saturated heterocycles. The van der Waals surface area contributed by atoms with E-state index in [4.69, 9.17) is 4.74 Å². The summed E-state index contributed by atoms with van der Waals surface area (Å²) < 4.78 is 5.65. The molecular formula is C14H15NO2. The minimum atomic E-state index is -0.593. The van der Waals surface area contributed by atoms with Crippen molar-refractivity contribution in [2.24, 2.45) is 0 Å². The fourth-order valence-corrected chi connectivity index (χ4v) is 1.52. The highest BCUT2D eigenvalue weighted by molar-refractivity contribution is 5.34. The lowest BCUT2D eigenvalue weighted by molar-refractivity contribution is 0.194. The van der Waals surface area contributed by atoms with Crippen molar-refractivity contribution in [2.75, 3.05) is 0 Å². The van der Waals surface area contributed by atoms with Gasteiger partial charge >= 0.3 is 0 Å². The molecule has 2 aromatic rings. The van der Waals surface area contributed by atoms with Crippen molar-refractivity contribution in [3.63, 3.8) is 0 Å². The van der Waals surface area contributed by atoms with Crippen LogP contribution >= 0.6 is 0 Å². The molecule has 1 N–H and O–H groups in total. The molecule has 88 valence electrons. The monoisotopic (exact) mass is 229 g/mol. The van der Waals surface area contributed by atoms with Crippen LogP contribution in [0.5, 0.6) is 11.6 Å². The first-order chi connectivity index (χ1) is 8.16. The highest BCUT2D eigenvalue weighted by Gasteiger charge is 2.10. The van der Waals surface area contributed by atoms with Crippen LogP contribution in [0.15, 0.2) is 42.6 Å². The Labute approximate surface area is 101 Å². The number of hydrogen-bond acceptors (Lipinski definition) is 3. The predicted octanol–water partition coefficient (Wildman–Crippen LogP) is 3.24. The van der Waals surface area contributed by atoms with E-state index in [1.807, 2.05) is 31.2 Å². The number of hydrogen-bond donors (Lipinski definition) is 1. The molecule has 0 radical (unpaired) electrons. The van der Waals surface area contributed by atoms with Gasteiger partial charge < -0.3 is 9.84 Å². The highest BCUT2D eigenvalue weighted by Crippen LogP contribution is 2.27. The van der Waals surface area contributed by atoms with Gasteiger partial charge in [-0.15, -0.1) is 0 Å². The molecule has 0 aliphatic rings. The van der Waals surface area contributed by atoms with Crippen LogP contribution < -0.4 is 4.74 Å². The van der Waals surface area contributed by atoms with Crippen LogP contribution in [-0.2, 0) is 0 Å². The molecule has 2 rings (SSSR count). The summed E-state index contributed by atoms with van der Waals surface area (Å²) in [6.07, 6.45) is 1.05. The van der Waals surface area contributed by atoms with Gasteiger partial charge in [0.25, 0.3) is 0 Å². The standard InChI is InChI=1S/C14H15NO2/c1-10-5-7-12(8-6-10)17-14-13(11(2)16)4-3-9-15-14/h3-9,11,16H,1-2H3/t11-/m0/s1. The Morgan fingerprint density at radius 1 is 1.18 bits per heavy atom. The Balaban J connectivity index is 2.26. The van der Waals surface area contributed by atoms with Crippen molar-refractivity contribution in [1.29, 1.82) is 0 Å². The number of nitrogens with zero attached hydrogens (tertiary/aromatic N) is 1. The number of aryl methyl sites for hydroxylation is 1. The number of benzene rings is 1. The fraction of sp³-hybridized carbons (Fsp3) is 0.214. The number of aromatic nitrogens is 1. The Kier molecular flexibility index (Phi) is 3.40. The molecule has 0 aliphatic heterocycles. The molecule has 0 unspecified atom stereocenters. The molecule has 0 amide bonds. The van der Waals surface area contributed by atoms with Crippen molar-refractivity contribution >= 4 is 0 Å². The summed E-state index contributed by atoms with van der Waals surface area (Å²) in [5.74, 6) is 1.17. The smallest absolute Gasteiger partial charge is 0.225 e. The van der Waals surface area contributed by atoms with E-state index in [9.17, 15) is 5.11 Å². The zero-order valence-corrected chi connectivity index (χ0v) is 9.92. The predicted molar refractivity (Wildman–Crippen MR) is 66.1 cm³/mol. The Morgan fingerprint density at radius 3 is 2.53 bits per heavy atom. The molecule has 1 aromatic carbocycles. The lowest BCUT2D eigenvalue weighted by Gasteiger charge is -2.11. The topological polar surface area (TPSA) is 42.4 Å². The van der Waals surface area contributed by atoms with Crippen molar-refractivity contribution in [1.82, 2.24) is 4.98 Å². The minimum absolute atomic E-state index is 0.450. The number of aliphatic hydroxyl groups is 1. The maximum Gasteiger partial charge on any atom is 0.225 e. The van der Waals surface area contributed by atoms with Gasteiger partial charge in [-0.2, -0.15) is 0 Å². The van der Waals surface area contributed by atoms with E-state index >= 15 is 0 Å². The van der Waals surface area contributed by atoms with Crippen molar-refractivity contribution in [3.8, 4) is 11.6 Å². The van der Waals surface area contributed by atoms with E-state index < -0.39 is 6.10 Å². The summed E-state index contributed by atoms with van der Waals surface area (Å²) in [6, 6.07) is 11.3. The van der Waals surface area contributed by atoms with Crippen LogP contribution in [0.1, 0.15) is 24.2 Å². The average Bonchev–Trinajstić information content (AvgIpc) is 2.32. The first-order valence-electron chi connectivity index (χ1n) is 5.54.